The van der Waals surface area contributed by atoms with Gasteiger partial charge < -0.3 is 5.32 Å². The molecule has 0 saturated heterocycles. The third kappa shape index (κ3) is 1.42. The second-order valence-electron chi connectivity index (χ2n) is 4.08. The number of aromatic nitrogens is 2. The molecule has 5 nitrogen and oxygen atoms in total. The van der Waals surface area contributed by atoms with Crippen LogP contribution in [0.25, 0.3) is 0 Å². The minimum atomic E-state index is -0.200. The second kappa shape index (κ2) is 3.78. The third-order valence-electron chi connectivity index (χ3n) is 3.03. The molecule has 2 heterocycles. The molecule has 0 saturated carbocycles. The molecule has 0 radical (unpaired) electrons. The number of rotatable bonds is 0. The molecule has 0 spiro atoms. The molecular formula is C12H11N3O2S. The topological polar surface area (TPSA) is 56.0 Å². The Labute approximate surface area is 107 Å². The normalized spacial score (nSPS) is 12.6. The van der Waals surface area contributed by atoms with Gasteiger partial charge in [0.15, 0.2) is 0 Å². The lowest BCUT2D eigenvalue weighted by molar-refractivity contribution is 0.525. The molecule has 1 aromatic carbocycles. The van der Waals surface area contributed by atoms with Crippen molar-refractivity contribution in [1.29, 1.82) is 0 Å². The monoisotopic (exact) mass is 261 g/mol. The molecule has 0 bridgehead atoms. The Morgan fingerprint density at radius 2 is 1.72 bits per heavy atom. The molecule has 0 amide bonds. The molecule has 18 heavy (non-hydrogen) atoms. The predicted octanol–water partition coefficient (Wildman–Crippen LogP) is 1.29. The van der Waals surface area contributed by atoms with Crippen molar-refractivity contribution in [1.82, 2.24) is 9.36 Å². The number of hydrogen-bond acceptors (Lipinski definition) is 4. The van der Waals surface area contributed by atoms with Crippen LogP contribution in [0.1, 0.15) is 0 Å². The van der Waals surface area contributed by atoms with Crippen LogP contribution in [0.4, 0.5) is 11.4 Å². The lowest BCUT2D eigenvalue weighted by Crippen LogP contribution is -2.38. The van der Waals surface area contributed by atoms with Crippen LogP contribution in [0.3, 0.4) is 0 Å². The van der Waals surface area contributed by atoms with Gasteiger partial charge in [-0.15, -0.1) is 0 Å². The van der Waals surface area contributed by atoms with E-state index >= 15 is 0 Å². The van der Waals surface area contributed by atoms with Gasteiger partial charge in [-0.3, -0.25) is 9.59 Å². The van der Waals surface area contributed by atoms with Crippen molar-refractivity contribution >= 4 is 23.1 Å². The van der Waals surface area contributed by atoms with Crippen LogP contribution >= 0.6 is 11.8 Å². The van der Waals surface area contributed by atoms with Crippen LogP contribution in [0.15, 0.2) is 43.6 Å². The smallest absolute Gasteiger partial charge is 0.289 e. The molecule has 1 aliphatic heterocycles. The van der Waals surface area contributed by atoms with Crippen molar-refractivity contribution in [2.75, 3.05) is 5.32 Å². The summed E-state index contributed by atoms with van der Waals surface area (Å²) in [6.07, 6.45) is 0. The van der Waals surface area contributed by atoms with E-state index in [4.69, 9.17) is 0 Å². The van der Waals surface area contributed by atoms with E-state index in [1.54, 1.807) is 14.1 Å². The summed E-state index contributed by atoms with van der Waals surface area (Å²) in [6.45, 7) is 0. The molecule has 92 valence electrons. The zero-order chi connectivity index (χ0) is 12.9. The summed E-state index contributed by atoms with van der Waals surface area (Å²) in [4.78, 5) is 25.7. The Bertz CT molecular complexity index is 697. The highest BCUT2D eigenvalue weighted by atomic mass is 32.2. The van der Waals surface area contributed by atoms with Gasteiger partial charge in [-0.05, 0) is 12.1 Å². The van der Waals surface area contributed by atoms with E-state index in [1.807, 2.05) is 24.3 Å². The number of para-hydroxylation sites is 1. The number of hydrogen-bond donors (Lipinski definition) is 1. The summed E-state index contributed by atoms with van der Waals surface area (Å²) in [7, 11) is 3.17. The first-order valence-electron chi connectivity index (χ1n) is 5.44. The maximum Gasteiger partial charge on any atom is 0.289 e. The average Bonchev–Trinajstić information content (AvgIpc) is 2.41. The summed E-state index contributed by atoms with van der Waals surface area (Å²) in [5, 5.41) is 3.05. The molecule has 0 aliphatic carbocycles. The average molecular weight is 261 g/mol. The Morgan fingerprint density at radius 1 is 1.06 bits per heavy atom. The number of benzene rings is 1. The van der Waals surface area contributed by atoms with Gasteiger partial charge in [0.25, 0.3) is 11.1 Å². The molecule has 0 fully saturated rings. The Morgan fingerprint density at radius 3 is 2.50 bits per heavy atom. The summed E-state index contributed by atoms with van der Waals surface area (Å²) in [5.41, 5.74) is 0.859. The number of nitrogens with one attached hydrogen (secondary N) is 1. The number of nitrogens with zero attached hydrogens (tertiary/aromatic N) is 2. The summed E-state index contributed by atoms with van der Waals surface area (Å²) >= 11 is 1.34. The first kappa shape index (κ1) is 11.2. The van der Waals surface area contributed by atoms with Crippen molar-refractivity contribution in [2.24, 2.45) is 14.1 Å². The van der Waals surface area contributed by atoms with Gasteiger partial charge in [0, 0.05) is 19.0 Å². The molecule has 1 aromatic heterocycles. The number of fused-ring (bicyclic) bond motifs is 2. The van der Waals surface area contributed by atoms with Crippen molar-refractivity contribution in [3.05, 3.63) is 45.0 Å². The minimum absolute atomic E-state index is 0.167. The highest BCUT2D eigenvalue weighted by Crippen LogP contribution is 2.40. The van der Waals surface area contributed by atoms with Crippen LogP contribution in [0.5, 0.6) is 0 Å². The van der Waals surface area contributed by atoms with Crippen LogP contribution in [-0.4, -0.2) is 9.36 Å². The van der Waals surface area contributed by atoms with E-state index in [0.717, 1.165) is 10.6 Å². The van der Waals surface area contributed by atoms with E-state index in [2.05, 4.69) is 5.32 Å². The number of anilines is 2. The van der Waals surface area contributed by atoms with Crippen LogP contribution < -0.4 is 16.4 Å². The Balaban J connectivity index is 2.32. The van der Waals surface area contributed by atoms with Crippen molar-refractivity contribution in [2.45, 2.75) is 9.79 Å². The van der Waals surface area contributed by atoms with E-state index in [0.29, 0.717) is 10.6 Å². The largest absolute Gasteiger partial charge is 0.349 e. The van der Waals surface area contributed by atoms with Gasteiger partial charge in [-0.25, -0.2) is 9.36 Å². The predicted molar refractivity (Wildman–Crippen MR) is 70.8 cm³/mol. The fraction of sp³-hybridized carbons (Fsp3) is 0.167. The van der Waals surface area contributed by atoms with Gasteiger partial charge in [0.05, 0.1) is 5.69 Å². The van der Waals surface area contributed by atoms with Crippen molar-refractivity contribution in [3.63, 3.8) is 0 Å². The molecular weight excluding hydrogens is 250 g/mol. The van der Waals surface area contributed by atoms with Gasteiger partial charge >= 0.3 is 0 Å². The van der Waals surface area contributed by atoms with Gasteiger partial charge in [-0.1, -0.05) is 23.9 Å². The van der Waals surface area contributed by atoms with Gasteiger partial charge in [0.2, 0.25) is 0 Å². The van der Waals surface area contributed by atoms with E-state index in [9.17, 15) is 9.59 Å². The maximum atomic E-state index is 12.1. The summed E-state index contributed by atoms with van der Waals surface area (Å²) in [5.74, 6) is 0. The molecule has 3 rings (SSSR count). The lowest BCUT2D eigenvalue weighted by Gasteiger charge is -2.21. The minimum Gasteiger partial charge on any atom is -0.349 e. The molecule has 6 heteroatoms. The maximum absolute atomic E-state index is 12.1. The first-order chi connectivity index (χ1) is 8.59. The highest BCUT2D eigenvalue weighted by Gasteiger charge is 2.23. The van der Waals surface area contributed by atoms with Crippen LogP contribution in [0, 0.1) is 0 Å². The molecule has 1 aliphatic rings. The summed E-state index contributed by atoms with van der Waals surface area (Å²) in [6, 6.07) is 7.61. The summed E-state index contributed by atoms with van der Waals surface area (Å²) < 4.78 is 2.63. The fourth-order valence-corrected chi connectivity index (χ4v) is 2.95. The fourth-order valence-electron chi connectivity index (χ4n) is 1.89. The molecule has 0 unspecified atom stereocenters. The Hall–Kier alpha value is -1.95. The van der Waals surface area contributed by atoms with Crippen LogP contribution in [-0.2, 0) is 14.1 Å². The Kier molecular flexibility index (Phi) is 2.34. The van der Waals surface area contributed by atoms with Crippen molar-refractivity contribution in [3.8, 4) is 0 Å². The van der Waals surface area contributed by atoms with E-state index in [1.165, 1.54) is 21.1 Å². The van der Waals surface area contributed by atoms with E-state index in [-0.39, 0.29) is 11.1 Å². The van der Waals surface area contributed by atoms with Gasteiger partial charge in [0.1, 0.15) is 10.6 Å². The highest BCUT2D eigenvalue weighted by molar-refractivity contribution is 7.99. The first-order valence-corrected chi connectivity index (χ1v) is 6.25. The zero-order valence-corrected chi connectivity index (χ0v) is 10.7. The lowest BCUT2D eigenvalue weighted by atomic mass is 10.3. The van der Waals surface area contributed by atoms with Gasteiger partial charge in [-0.2, -0.15) is 0 Å². The van der Waals surface area contributed by atoms with E-state index < -0.39 is 0 Å². The second-order valence-corrected chi connectivity index (χ2v) is 5.14. The third-order valence-corrected chi connectivity index (χ3v) is 4.19. The zero-order valence-electron chi connectivity index (χ0n) is 9.93. The molecule has 1 N–H and O–H groups in total. The standard InChI is InChI=1S/C12H11N3O2S/c1-14-11(16)9-10(12(17)15(14)2)18-8-6-4-3-5-7(8)13-9/h3-6,13H,1-2H3. The van der Waals surface area contributed by atoms with Crippen LogP contribution in [0.2, 0.25) is 0 Å². The SMILES string of the molecule is Cn1c(=O)c2c(c(=O)n1C)Sc1ccccc1N2. The quantitative estimate of drug-likeness (QED) is 0.662. The van der Waals surface area contributed by atoms with Crippen molar-refractivity contribution < 1.29 is 0 Å². The molecule has 2 aromatic rings. The molecule has 0 atom stereocenters.